The highest BCUT2D eigenvalue weighted by atomic mass is 32.2. The van der Waals surface area contributed by atoms with E-state index in [0.29, 0.717) is 13.1 Å². The van der Waals surface area contributed by atoms with E-state index in [4.69, 9.17) is 4.42 Å². The number of rotatable bonds is 8. The van der Waals surface area contributed by atoms with E-state index in [0.717, 1.165) is 36.3 Å². The lowest BCUT2D eigenvalue weighted by molar-refractivity contribution is 0.490. The van der Waals surface area contributed by atoms with E-state index in [1.165, 1.54) is 5.56 Å². The highest BCUT2D eigenvalue weighted by Gasteiger charge is 2.04. The van der Waals surface area contributed by atoms with Crippen LogP contribution in [0.5, 0.6) is 0 Å². The van der Waals surface area contributed by atoms with Gasteiger partial charge >= 0.3 is 0 Å². The van der Waals surface area contributed by atoms with Crippen LogP contribution in [0.1, 0.15) is 17.7 Å². The van der Waals surface area contributed by atoms with Crippen LogP contribution in [-0.4, -0.2) is 27.8 Å². The number of benzene rings is 1. The first-order valence-corrected chi connectivity index (χ1v) is 9.14. The zero-order valence-electron chi connectivity index (χ0n) is 12.9. The van der Waals surface area contributed by atoms with Crippen molar-refractivity contribution in [1.82, 2.24) is 10.0 Å². The van der Waals surface area contributed by atoms with Gasteiger partial charge in [-0.3, -0.25) is 0 Å². The molecule has 5 nitrogen and oxygen atoms in total. The van der Waals surface area contributed by atoms with Crippen molar-refractivity contribution in [2.24, 2.45) is 0 Å². The smallest absolute Gasteiger partial charge is 0.208 e. The maximum Gasteiger partial charge on any atom is 0.208 e. The van der Waals surface area contributed by atoms with Gasteiger partial charge in [-0.05, 0) is 32.0 Å². The van der Waals surface area contributed by atoms with E-state index in [-0.39, 0.29) is 0 Å². The number of nitrogens with one attached hydrogen (secondary N) is 2. The minimum absolute atomic E-state index is 0.443. The monoisotopic (exact) mass is 322 g/mol. The summed E-state index contributed by atoms with van der Waals surface area (Å²) in [7, 11) is -3.09. The molecule has 2 aromatic rings. The van der Waals surface area contributed by atoms with Crippen molar-refractivity contribution in [3.8, 4) is 11.3 Å². The number of aryl methyl sites for hydroxylation is 1. The van der Waals surface area contributed by atoms with Gasteiger partial charge < -0.3 is 9.73 Å². The first-order valence-electron chi connectivity index (χ1n) is 7.25. The van der Waals surface area contributed by atoms with Crippen molar-refractivity contribution in [3.05, 3.63) is 47.7 Å². The SMILES string of the molecule is Cc1ccc(-c2ccc(CNCCCNS(C)(=O)=O)o2)cc1. The molecular weight excluding hydrogens is 300 g/mol. The largest absolute Gasteiger partial charge is 0.460 e. The Bertz CT molecular complexity index is 690. The molecule has 0 spiro atoms. The van der Waals surface area contributed by atoms with Crippen molar-refractivity contribution in [2.45, 2.75) is 19.9 Å². The Morgan fingerprint density at radius 2 is 1.77 bits per heavy atom. The Hall–Kier alpha value is -1.63. The van der Waals surface area contributed by atoms with Crippen molar-refractivity contribution in [1.29, 1.82) is 0 Å². The fourth-order valence-electron chi connectivity index (χ4n) is 2.03. The van der Waals surface area contributed by atoms with Gasteiger partial charge in [-0.2, -0.15) is 0 Å². The lowest BCUT2D eigenvalue weighted by Crippen LogP contribution is -2.26. The van der Waals surface area contributed by atoms with Crippen molar-refractivity contribution >= 4 is 10.0 Å². The Labute approximate surface area is 131 Å². The van der Waals surface area contributed by atoms with E-state index in [1.807, 2.05) is 24.3 Å². The van der Waals surface area contributed by atoms with Gasteiger partial charge in [-0.1, -0.05) is 29.8 Å². The zero-order chi connectivity index (χ0) is 16.0. The van der Waals surface area contributed by atoms with Crippen LogP contribution in [0.4, 0.5) is 0 Å². The molecule has 1 heterocycles. The lowest BCUT2D eigenvalue weighted by atomic mass is 10.1. The Kier molecular flexibility index (Phi) is 5.76. The molecule has 0 atom stereocenters. The van der Waals surface area contributed by atoms with Crippen molar-refractivity contribution in [2.75, 3.05) is 19.3 Å². The van der Waals surface area contributed by atoms with E-state index < -0.39 is 10.0 Å². The molecule has 0 unspecified atom stereocenters. The molecule has 120 valence electrons. The molecule has 1 aromatic heterocycles. The first-order chi connectivity index (χ1) is 10.4. The Morgan fingerprint density at radius 1 is 1.05 bits per heavy atom. The van der Waals surface area contributed by atoms with Crippen molar-refractivity contribution < 1.29 is 12.8 Å². The predicted octanol–water partition coefficient (Wildman–Crippen LogP) is 2.28. The summed E-state index contributed by atoms with van der Waals surface area (Å²) in [5, 5.41) is 3.23. The van der Waals surface area contributed by atoms with Crippen molar-refractivity contribution in [3.63, 3.8) is 0 Å². The van der Waals surface area contributed by atoms with E-state index in [1.54, 1.807) is 0 Å². The molecule has 0 bridgehead atoms. The highest BCUT2D eigenvalue weighted by Crippen LogP contribution is 2.22. The second kappa shape index (κ2) is 7.58. The van der Waals surface area contributed by atoms with Crippen LogP contribution in [0.15, 0.2) is 40.8 Å². The van der Waals surface area contributed by atoms with E-state index in [9.17, 15) is 8.42 Å². The van der Waals surface area contributed by atoms with Gasteiger partial charge in [0.1, 0.15) is 11.5 Å². The van der Waals surface area contributed by atoms with Crippen LogP contribution in [0.2, 0.25) is 0 Å². The van der Waals surface area contributed by atoms with Crippen LogP contribution < -0.4 is 10.0 Å². The topological polar surface area (TPSA) is 71.3 Å². The first kappa shape index (κ1) is 16.7. The fourth-order valence-corrected chi connectivity index (χ4v) is 2.54. The van der Waals surface area contributed by atoms with Crippen LogP contribution >= 0.6 is 0 Å². The quantitative estimate of drug-likeness (QED) is 0.732. The molecule has 2 rings (SSSR count). The summed E-state index contributed by atoms with van der Waals surface area (Å²) in [6.45, 7) is 3.85. The van der Waals surface area contributed by atoms with Gasteiger partial charge in [0, 0.05) is 12.1 Å². The normalized spacial score (nSPS) is 11.7. The lowest BCUT2D eigenvalue weighted by Gasteiger charge is -2.04. The average molecular weight is 322 g/mol. The standard InChI is InChI=1S/C16H22N2O3S/c1-13-4-6-14(7-5-13)16-9-8-15(21-16)12-17-10-3-11-18-22(2,19)20/h4-9,17-18H,3,10-12H2,1-2H3. The van der Waals surface area contributed by atoms with Crippen LogP contribution in [-0.2, 0) is 16.6 Å². The van der Waals surface area contributed by atoms with Gasteiger partial charge in [-0.15, -0.1) is 0 Å². The number of hydrogen-bond donors (Lipinski definition) is 2. The number of furan rings is 1. The molecule has 0 aliphatic carbocycles. The zero-order valence-corrected chi connectivity index (χ0v) is 13.7. The van der Waals surface area contributed by atoms with Gasteiger partial charge in [0.05, 0.1) is 12.8 Å². The predicted molar refractivity (Wildman–Crippen MR) is 88.1 cm³/mol. The highest BCUT2D eigenvalue weighted by molar-refractivity contribution is 7.88. The Morgan fingerprint density at radius 3 is 2.45 bits per heavy atom. The summed E-state index contributed by atoms with van der Waals surface area (Å²) in [6, 6.07) is 12.1. The number of sulfonamides is 1. The summed E-state index contributed by atoms with van der Waals surface area (Å²) in [5.74, 6) is 1.72. The van der Waals surface area contributed by atoms with Gasteiger partial charge in [0.2, 0.25) is 10.0 Å². The average Bonchev–Trinajstić information content (AvgIpc) is 2.91. The van der Waals surface area contributed by atoms with Crippen LogP contribution in [0.3, 0.4) is 0 Å². The third kappa shape index (κ3) is 5.63. The van der Waals surface area contributed by atoms with Crippen LogP contribution in [0, 0.1) is 6.92 Å². The maximum atomic E-state index is 10.9. The summed E-state index contributed by atoms with van der Waals surface area (Å²) in [6.07, 6.45) is 1.90. The molecular formula is C16H22N2O3S. The Balaban J connectivity index is 1.74. The molecule has 22 heavy (non-hydrogen) atoms. The molecule has 0 radical (unpaired) electrons. The summed E-state index contributed by atoms with van der Waals surface area (Å²) in [5.41, 5.74) is 2.29. The molecule has 0 fully saturated rings. The molecule has 1 aromatic carbocycles. The van der Waals surface area contributed by atoms with Crippen LogP contribution in [0.25, 0.3) is 11.3 Å². The molecule has 0 saturated heterocycles. The summed E-state index contributed by atoms with van der Waals surface area (Å²) >= 11 is 0. The second-order valence-electron chi connectivity index (χ2n) is 5.33. The van der Waals surface area contributed by atoms with Gasteiger partial charge in [-0.25, -0.2) is 13.1 Å². The van der Waals surface area contributed by atoms with Gasteiger partial charge in [0.25, 0.3) is 0 Å². The minimum atomic E-state index is -3.09. The van der Waals surface area contributed by atoms with Gasteiger partial charge in [0.15, 0.2) is 0 Å². The fraction of sp³-hybridized carbons (Fsp3) is 0.375. The molecule has 0 aliphatic heterocycles. The summed E-state index contributed by atoms with van der Waals surface area (Å²) < 4.78 is 30.1. The van der Waals surface area contributed by atoms with E-state index in [2.05, 4.69) is 29.1 Å². The molecule has 6 heteroatoms. The molecule has 0 aliphatic rings. The van der Waals surface area contributed by atoms with E-state index >= 15 is 0 Å². The maximum absolute atomic E-state index is 10.9. The number of hydrogen-bond acceptors (Lipinski definition) is 4. The minimum Gasteiger partial charge on any atom is -0.460 e. The second-order valence-corrected chi connectivity index (χ2v) is 7.16. The third-order valence-electron chi connectivity index (χ3n) is 3.19. The molecule has 0 saturated carbocycles. The molecule has 0 amide bonds. The summed E-state index contributed by atoms with van der Waals surface area (Å²) in [4.78, 5) is 0. The molecule has 2 N–H and O–H groups in total. The third-order valence-corrected chi connectivity index (χ3v) is 3.92.